The van der Waals surface area contributed by atoms with Gasteiger partial charge in [0.05, 0.1) is 11.3 Å². The van der Waals surface area contributed by atoms with Crippen molar-refractivity contribution in [3.63, 3.8) is 0 Å². The third kappa shape index (κ3) is 3.90. The Labute approximate surface area is 169 Å². The van der Waals surface area contributed by atoms with E-state index in [2.05, 4.69) is 10.5 Å². The second kappa shape index (κ2) is 7.61. The molecule has 1 amide bonds. The molecule has 4 rings (SSSR count). The first-order valence-electron chi connectivity index (χ1n) is 9.60. The monoisotopic (exact) mass is 413 g/mol. The lowest BCUT2D eigenvalue weighted by Crippen LogP contribution is -2.27. The van der Waals surface area contributed by atoms with Gasteiger partial charge in [0, 0.05) is 24.2 Å². The second-order valence-electron chi connectivity index (χ2n) is 7.44. The van der Waals surface area contributed by atoms with Crippen LogP contribution in [-0.2, 0) is 21.2 Å². The SMILES string of the molecule is Cc1cc(C)c2c(CC(=O)Nc3ccc(S(=O)(=O)N4CCCC4)cc3)noc2c1. The van der Waals surface area contributed by atoms with Gasteiger partial charge in [0.1, 0.15) is 5.69 Å². The van der Waals surface area contributed by atoms with Gasteiger partial charge >= 0.3 is 0 Å². The van der Waals surface area contributed by atoms with Gasteiger partial charge in [0.25, 0.3) is 0 Å². The van der Waals surface area contributed by atoms with Crippen LogP contribution in [0.3, 0.4) is 0 Å². The third-order valence-corrected chi connectivity index (χ3v) is 7.07. The van der Waals surface area contributed by atoms with Gasteiger partial charge < -0.3 is 9.84 Å². The molecule has 2 aromatic carbocycles. The molecule has 0 radical (unpaired) electrons. The molecule has 0 bridgehead atoms. The standard InChI is InChI=1S/C21H23N3O4S/c1-14-11-15(2)21-18(23-28-19(21)12-14)13-20(25)22-16-5-7-17(8-6-16)29(26,27)24-9-3-4-10-24/h5-8,11-12H,3-4,9-10,13H2,1-2H3,(H,22,25). The molecule has 7 nitrogen and oxygen atoms in total. The Morgan fingerprint density at radius 2 is 1.83 bits per heavy atom. The van der Waals surface area contributed by atoms with E-state index in [9.17, 15) is 13.2 Å². The van der Waals surface area contributed by atoms with Gasteiger partial charge in [0.15, 0.2) is 5.58 Å². The maximum atomic E-state index is 12.6. The molecule has 0 spiro atoms. The van der Waals surface area contributed by atoms with Crippen LogP contribution in [0.4, 0.5) is 5.69 Å². The van der Waals surface area contributed by atoms with Crippen LogP contribution in [0.2, 0.25) is 0 Å². The Morgan fingerprint density at radius 1 is 1.14 bits per heavy atom. The van der Waals surface area contributed by atoms with Crippen LogP contribution in [0.1, 0.15) is 29.7 Å². The summed E-state index contributed by atoms with van der Waals surface area (Å²) in [5.74, 6) is -0.240. The molecule has 2 heterocycles. The van der Waals surface area contributed by atoms with Crippen LogP contribution in [0.25, 0.3) is 11.0 Å². The van der Waals surface area contributed by atoms with Crippen molar-refractivity contribution in [3.8, 4) is 0 Å². The van der Waals surface area contributed by atoms with Crippen molar-refractivity contribution in [1.29, 1.82) is 0 Å². The zero-order chi connectivity index (χ0) is 20.6. The van der Waals surface area contributed by atoms with E-state index in [0.29, 0.717) is 30.1 Å². The van der Waals surface area contributed by atoms with Crippen molar-refractivity contribution in [2.45, 2.75) is 38.0 Å². The number of carbonyl (C=O) groups excluding carboxylic acids is 1. The zero-order valence-corrected chi connectivity index (χ0v) is 17.3. The van der Waals surface area contributed by atoms with Crippen LogP contribution >= 0.6 is 0 Å². The number of nitrogens with one attached hydrogen (secondary N) is 1. The van der Waals surface area contributed by atoms with Crippen molar-refractivity contribution in [2.75, 3.05) is 18.4 Å². The molecule has 8 heteroatoms. The Kier molecular flexibility index (Phi) is 5.14. The number of aromatic nitrogens is 1. The van der Waals surface area contributed by atoms with Crippen LogP contribution in [-0.4, -0.2) is 36.9 Å². The number of hydrogen-bond donors (Lipinski definition) is 1. The summed E-state index contributed by atoms with van der Waals surface area (Å²) in [6.45, 7) is 5.07. The van der Waals surface area contributed by atoms with Crippen molar-refractivity contribution >= 4 is 32.6 Å². The highest BCUT2D eigenvalue weighted by atomic mass is 32.2. The van der Waals surface area contributed by atoms with E-state index in [1.165, 1.54) is 16.4 Å². The fourth-order valence-corrected chi connectivity index (χ4v) is 5.30. The first-order valence-corrected chi connectivity index (χ1v) is 11.0. The largest absolute Gasteiger partial charge is 0.356 e. The minimum atomic E-state index is -3.46. The van der Waals surface area contributed by atoms with E-state index in [-0.39, 0.29) is 17.2 Å². The highest BCUT2D eigenvalue weighted by Gasteiger charge is 2.27. The van der Waals surface area contributed by atoms with E-state index in [1.54, 1.807) is 12.1 Å². The molecule has 1 aliphatic heterocycles. The molecule has 1 aromatic heterocycles. The molecule has 29 heavy (non-hydrogen) atoms. The van der Waals surface area contributed by atoms with Crippen molar-refractivity contribution in [1.82, 2.24) is 9.46 Å². The Balaban J connectivity index is 1.47. The quantitative estimate of drug-likeness (QED) is 0.692. The van der Waals surface area contributed by atoms with Gasteiger partial charge in [-0.2, -0.15) is 4.31 Å². The molecule has 1 aliphatic rings. The van der Waals surface area contributed by atoms with E-state index in [1.807, 2.05) is 26.0 Å². The Morgan fingerprint density at radius 3 is 2.52 bits per heavy atom. The maximum absolute atomic E-state index is 12.6. The lowest BCUT2D eigenvalue weighted by atomic mass is 10.0. The second-order valence-corrected chi connectivity index (χ2v) is 9.38. The number of anilines is 1. The van der Waals surface area contributed by atoms with E-state index in [0.717, 1.165) is 29.4 Å². The van der Waals surface area contributed by atoms with Crippen molar-refractivity contribution in [2.24, 2.45) is 0 Å². The number of nitrogens with zero attached hydrogens (tertiary/aromatic N) is 2. The lowest BCUT2D eigenvalue weighted by Gasteiger charge is -2.15. The highest BCUT2D eigenvalue weighted by molar-refractivity contribution is 7.89. The summed E-state index contributed by atoms with van der Waals surface area (Å²) in [6, 6.07) is 10.2. The summed E-state index contributed by atoms with van der Waals surface area (Å²) >= 11 is 0. The predicted octanol–water partition coefficient (Wildman–Crippen LogP) is 3.41. The minimum Gasteiger partial charge on any atom is -0.356 e. The number of sulfonamides is 1. The normalized spacial score (nSPS) is 15.1. The molecule has 0 atom stereocenters. The third-order valence-electron chi connectivity index (χ3n) is 5.16. The van der Waals surface area contributed by atoms with Crippen LogP contribution < -0.4 is 5.32 Å². The number of benzene rings is 2. The van der Waals surface area contributed by atoms with E-state index >= 15 is 0 Å². The number of fused-ring (bicyclic) bond motifs is 1. The first kappa shape index (κ1) is 19.6. The van der Waals surface area contributed by atoms with Gasteiger partial charge in [-0.1, -0.05) is 11.2 Å². The topological polar surface area (TPSA) is 92.5 Å². The summed E-state index contributed by atoms with van der Waals surface area (Å²) < 4.78 is 32.0. The Hall–Kier alpha value is -2.71. The number of amides is 1. The smallest absolute Gasteiger partial charge is 0.243 e. The fraction of sp³-hybridized carbons (Fsp3) is 0.333. The van der Waals surface area contributed by atoms with Gasteiger partial charge in [-0.15, -0.1) is 0 Å². The van der Waals surface area contributed by atoms with Crippen LogP contribution in [0, 0.1) is 13.8 Å². The van der Waals surface area contributed by atoms with E-state index in [4.69, 9.17) is 4.52 Å². The molecule has 1 saturated heterocycles. The first-order chi connectivity index (χ1) is 13.8. The molecule has 1 fully saturated rings. The summed E-state index contributed by atoms with van der Waals surface area (Å²) in [5.41, 5.74) is 3.88. The van der Waals surface area contributed by atoms with Gasteiger partial charge in [-0.3, -0.25) is 4.79 Å². The number of aryl methyl sites for hydroxylation is 2. The van der Waals surface area contributed by atoms with Crippen molar-refractivity contribution in [3.05, 3.63) is 53.2 Å². The summed E-state index contributed by atoms with van der Waals surface area (Å²) in [6.07, 6.45) is 1.86. The highest BCUT2D eigenvalue weighted by Crippen LogP contribution is 2.25. The molecule has 152 valence electrons. The summed E-state index contributed by atoms with van der Waals surface area (Å²) in [7, 11) is -3.46. The van der Waals surface area contributed by atoms with Crippen molar-refractivity contribution < 1.29 is 17.7 Å². The van der Waals surface area contributed by atoms with Crippen LogP contribution in [0.5, 0.6) is 0 Å². The molecular weight excluding hydrogens is 390 g/mol. The van der Waals surface area contributed by atoms with Crippen LogP contribution in [0.15, 0.2) is 45.8 Å². The predicted molar refractivity (Wildman–Crippen MR) is 110 cm³/mol. The molecule has 3 aromatic rings. The number of carbonyl (C=O) groups is 1. The molecule has 1 N–H and O–H groups in total. The average Bonchev–Trinajstić information content (AvgIpc) is 3.33. The lowest BCUT2D eigenvalue weighted by molar-refractivity contribution is -0.115. The summed E-state index contributed by atoms with van der Waals surface area (Å²) in [5, 5.41) is 7.70. The maximum Gasteiger partial charge on any atom is 0.243 e. The van der Waals surface area contributed by atoms with E-state index < -0.39 is 10.0 Å². The molecule has 0 unspecified atom stereocenters. The molecule has 0 saturated carbocycles. The average molecular weight is 413 g/mol. The fourth-order valence-electron chi connectivity index (χ4n) is 3.79. The number of hydrogen-bond acceptors (Lipinski definition) is 5. The van der Waals surface area contributed by atoms with Gasteiger partial charge in [-0.05, 0) is 68.1 Å². The molecular formula is C21H23N3O4S. The molecule has 0 aliphatic carbocycles. The minimum absolute atomic E-state index is 0.0741. The van der Waals surface area contributed by atoms with Gasteiger partial charge in [0.2, 0.25) is 15.9 Å². The Bertz CT molecular complexity index is 1160. The number of rotatable bonds is 5. The van der Waals surface area contributed by atoms with Gasteiger partial charge in [-0.25, -0.2) is 8.42 Å². The zero-order valence-electron chi connectivity index (χ0n) is 16.4. The summed E-state index contributed by atoms with van der Waals surface area (Å²) in [4.78, 5) is 12.7.